The highest BCUT2D eigenvalue weighted by Crippen LogP contribution is 2.24. The molecule has 7 nitrogen and oxygen atoms in total. The Morgan fingerprint density at radius 3 is 2.52 bits per heavy atom. The second-order valence-electron chi connectivity index (χ2n) is 7.43. The molecule has 0 saturated carbocycles. The molecule has 1 amide bonds. The number of anilines is 2. The molecule has 8 heteroatoms. The maximum absolute atomic E-state index is 12.7. The minimum absolute atomic E-state index is 0.00584. The first-order chi connectivity index (χ1) is 14.8. The Labute approximate surface area is 184 Å². The standard InChI is InChI=1S/C23H28N4O3S/c1-4-11-24-31(29,30)21-8-6-7-19(17-21)23(28)25-22-10-9-20(16-18(22)3)27-14-12-26(5-2)13-15-27/h1,6-10,16-17,24H,5,11-15H2,2-3H3,(H,25,28). The van der Waals surface area contributed by atoms with Gasteiger partial charge in [-0.15, -0.1) is 6.42 Å². The molecule has 0 aliphatic carbocycles. The molecule has 2 aromatic carbocycles. The lowest BCUT2D eigenvalue weighted by Gasteiger charge is -2.35. The SMILES string of the molecule is C#CCNS(=O)(=O)c1cccc(C(=O)Nc2ccc(N3CCN(CC)CC3)cc2C)c1. The Bertz CT molecular complexity index is 1080. The normalized spacial score (nSPS) is 14.8. The number of likely N-dealkylation sites (N-methyl/N-ethyl adjacent to an activating group) is 1. The third-order valence-electron chi connectivity index (χ3n) is 5.41. The van der Waals surface area contributed by atoms with Gasteiger partial charge < -0.3 is 15.1 Å². The van der Waals surface area contributed by atoms with E-state index < -0.39 is 10.0 Å². The lowest BCUT2D eigenvalue weighted by atomic mass is 10.1. The number of sulfonamides is 1. The zero-order valence-electron chi connectivity index (χ0n) is 17.9. The fourth-order valence-electron chi connectivity index (χ4n) is 3.53. The van der Waals surface area contributed by atoms with Crippen molar-refractivity contribution in [2.75, 3.05) is 49.5 Å². The maximum atomic E-state index is 12.7. The number of benzene rings is 2. The van der Waals surface area contributed by atoms with Gasteiger partial charge in [-0.3, -0.25) is 4.79 Å². The molecular weight excluding hydrogens is 412 g/mol. The molecule has 1 fully saturated rings. The van der Waals surface area contributed by atoms with Crippen molar-refractivity contribution in [2.45, 2.75) is 18.7 Å². The molecule has 0 atom stereocenters. The Hall–Kier alpha value is -2.86. The van der Waals surface area contributed by atoms with E-state index in [4.69, 9.17) is 6.42 Å². The molecule has 1 aliphatic rings. The van der Waals surface area contributed by atoms with E-state index in [1.165, 1.54) is 18.2 Å². The summed E-state index contributed by atoms with van der Waals surface area (Å²) in [5.41, 5.74) is 3.03. The molecule has 0 spiro atoms. The van der Waals surface area contributed by atoms with Crippen LogP contribution in [0.25, 0.3) is 0 Å². The van der Waals surface area contributed by atoms with Crippen LogP contribution in [0.4, 0.5) is 11.4 Å². The lowest BCUT2D eigenvalue weighted by Crippen LogP contribution is -2.46. The number of piperazine rings is 1. The molecule has 0 unspecified atom stereocenters. The molecule has 0 bridgehead atoms. The molecule has 2 aromatic rings. The Balaban J connectivity index is 1.71. The number of aryl methyl sites for hydroxylation is 1. The predicted octanol–water partition coefficient (Wildman–Crippen LogP) is 2.30. The first-order valence-electron chi connectivity index (χ1n) is 10.3. The average Bonchev–Trinajstić information content (AvgIpc) is 2.79. The van der Waals surface area contributed by atoms with E-state index in [1.54, 1.807) is 6.07 Å². The first-order valence-corrected chi connectivity index (χ1v) is 11.7. The highest BCUT2D eigenvalue weighted by molar-refractivity contribution is 7.89. The van der Waals surface area contributed by atoms with Gasteiger partial charge in [-0.25, -0.2) is 8.42 Å². The largest absolute Gasteiger partial charge is 0.369 e. The Kier molecular flexibility index (Phi) is 7.33. The third-order valence-corrected chi connectivity index (χ3v) is 6.81. The van der Waals surface area contributed by atoms with E-state index in [1.807, 2.05) is 19.1 Å². The number of carbonyl (C=O) groups is 1. The summed E-state index contributed by atoms with van der Waals surface area (Å²) in [7, 11) is -3.76. The van der Waals surface area contributed by atoms with Crippen molar-refractivity contribution in [1.82, 2.24) is 9.62 Å². The number of hydrogen-bond acceptors (Lipinski definition) is 5. The van der Waals surface area contributed by atoms with Crippen LogP contribution in [0.1, 0.15) is 22.8 Å². The van der Waals surface area contributed by atoms with Crippen LogP contribution >= 0.6 is 0 Å². The predicted molar refractivity (Wildman–Crippen MR) is 124 cm³/mol. The monoisotopic (exact) mass is 440 g/mol. The summed E-state index contributed by atoms with van der Waals surface area (Å²) < 4.78 is 26.8. The Morgan fingerprint density at radius 1 is 1.13 bits per heavy atom. The number of nitrogens with zero attached hydrogens (tertiary/aromatic N) is 2. The first kappa shape index (κ1) is 22.8. The molecule has 1 aliphatic heterocycles. The van der Waals surface area contributed by atoms with Gasteiger partial charge >= 0.3 is 0 Å². The third kappa shape index (κ3) is 5.64. The topological polar surface area (TPSA) is 81.7 Å². The summed E-state index contributed by atoms with van der Waals surface area (Å²) in [4.78, 5) is 17.5. The highest BCUT2D eigenvalue weighted by Gasteiger charge is 2.18. The summed E-state index contributed by atoms with van der Waals surface area (Å²) >= 11 is 0. The van der Waals surface area contributed by atoms with Gasteiger partial charge in [0.15, 0.2) is 0 Å². The van der Waals surface area contributed by atoms with Crippen molar-refractivity contribution in [1.29, 1.82) is 0 Å². The van der Waals surface area contributed by atoms with E-state index in [0.29, 0.717) is 5.69 Å². The van der Waals surface area contributed by atoms with Crippen LogP contribution in [-0.2, 0) is 10.0 Å². The molecular formula is C23H28N4O3S. The summed E-state index contributed by atoms with van der Waals surface area (Å²) in [6, 6.07) is 11.8. The summed E-state index contributed by atoms with van der Waals surface area (Å²) in [5.74, 6) is 1.85. The second-order valence-corrected chi connectivity index (χ2v) is 9.20. The number of nitrogens with one attached hydrogen (secondary N) is 2. The van der Waals surface area contributed by atoms with E-state index >= 15 is 0 Å². The van der Waals surface area contributed by atoms with Crippen LogP contribution in [0.2, 0.25) is 0 Å². The molecule has 31 heavy (non-hydrogen) atoms. The number of hydrogen-bond donors (Lipinski definition) is 2. The fraction of sp³-hybridized carbons (Fsp3) is 0.348. The summed E-state index contributed by atoms with van der Waals surface area (Å²) in [6.07, 6.45) is 5.12. The van der Waals surface area contributed by atoms with Crippen molar-refractivity contribution < 1.29 is 13.2 Å². The van der Waals surface area contributed by atoms with Crippen molar-refractivity contribution in [2.24, 2.45) is 0 Å². The Morgan fingerprint density at radius 2 is 1.87 bits per heavy atom. The van der Waals surface area contributed by atoms with E-state index in [-0.39, 0.29) is 22.9 Å². The van der Waals surface area contributed by atoms with Gasteiger partial charge in [0.05, 0.1) is 11.4 Å². The summed E-state index contributed by atoms with van der Waals surface area (Å²) in [5, 5.41) is 2.88. The van der Waals surface area contributed by atoms with Crippen LogP contribution in [0.5, 0.6) is 0 Å². The smallest absolute Gasteiger partial charge is 0.255 e. The van der Waals surface area contributed by atoms with E-state index in [9.17, 15) is 13.2 Å². The van der Waals surface area contributed by atoms with Gasteiger partial charge in [0.1, 0.15) is 0 Å². The van der Waals surface area contributed by atoms with Crippen molar-refractivity contribution >= 4 is 27.3 Å². The van der Waals surface area contributed by atoms with Gasteiger partial charge in [0, 0.05) is 43.1 Å². The van der Waals surface area contributed by atoms with Crippen molar-refractivity contribution in [3.05, 3.63) is 53.6 Å². The number of rotatable bonds is 7. The van der Waals surface area contributed by atoms with Crippen LogP contribution in [0.3, 0.4) is 0 Å². The van der Waals surface area contributed by atoms with E-state index in [0.717, 1.165) is 44.0 Å². The zero-order valence-corrected chi connectivity index (χ0v) is 18.7. The van der Waals surface area contributed by atoms with Crippen molar-refractivity contribution in [3.63, 3.8) is 0 Å². The van der Waals surface area contributed by atoms with Crippen LogP contribution in [0.15, 0.2) is 47.4 Å². The van der Waals surface area contributed by atoms with Crippen LogP contribution in [0, 0.1) is 19.3 Å². The quantitative estimate of drug-likeness (QED) is 0.646. The van der Waals surface area contributed by atoms with Crippen molar-refractivity contribution in [3.8, 4) is 12.3 Å². The van der Waals surface area contributed by atoms with Gasteiger partial charge in [-0.2, -0.15) is 4.72 Å². The summed E-state index contributed by atoms with van der Waals surface area (Å²) in [6.45, 7) is 9.13. The molecule has 3 rings (SSSR count). The maximum Gasteiger partial charge on any atom is 0.255 e. The lowest BCUT2D eigenvalue weighted by molar-refractivity contribution is 0.102. The number of carbonyl (C=O) groups excluding carboxylic acids is 1. The fourth-order valence-corrected chi connectivity index (χ4v) is 4.51. The van der Waals surface area contributed by atoms with Gasteiger partial charge in [-0.05, 0) is 55.4 Å². The van der Waals surface area contributed by atoms with Crippen LogP contribution in [-0.4, -0.2) is 58.5 Å². The molecule has 0 aromatic heterocycles. The molecule has 2 N–H and O–H groups in total. The van der Waals surface area contributed by atoms with Crippen LogP contribution < -0.4 is 14.9 Å². The minimum Gasteiger partial charge on any atom is -0.369 e. The number of amides is 1. The second kappa shape index (κ2) is 9.96. The van der Waals surface area contributed by atoms with Gasteiger partial charge in [0.2, 0.25) is 10.0 Å². The van der Waals surface area contributed by atoms with Gasteiger partial charge in [0.25, 0.3) is 5.91 Å². The van der Waals surface area contributed by atoms with E-state index in [2.05, 4.69) is 38.7 Å². The molecule has 1 heterocycles. The number of terminal acetylenes is 1. The molecule has 164 valence electrons. The van der Waals surface area contributed by atoms with Gasteiger partial charge in [-0.1, -0.05) is 18.9 Å². The molecule has 1 saturated heterocycles. The minimum atomic E-state index is -3.76. The highest BCUT2D eigenvalue weighted by atomic mass is 32.2. The molecule has 0 radical (unpaired) electrons. The average molecular weight is 441 g/mol. The zero-order chi connectivity index (χ0) is 22.4.